The molecule has 106 valence electrons. The fourth-order valence-corrected chi connectivity index (χ4v) is 3.48. The van der Waals surface area contributed by atoms with Crippen LogP contribution in [0.3, 0.4) is 0 Å². The third-order valence-electron chi connectivity index (χ3n) is 3.30. The van der Waals surface area contributed by atoms with Gasteiger partial charge in [0, 0.05) is 15.0 Å². The molecule has 1 atom stereocenters. The van der Waals surface area contributed by atoms with Crippen LogP contribution in [0, 0.1) is 6.92 Å². The zero-order valence-electron chi connectivity index (χ0n) is 11.8. The minimum atomic E-state index is 0.329. The van der Waals surface area contributed by atoms with E-state index in [9.17, 15) is 0 Å². The molecule has 0 aliphatic heterocycles. The van der Waals surface area contributed by atoms with Gasteiger partial charge in [-0.1, -0.05) is 63.0 Å². The predicted molar refractivity (Wildman–Crippen MR) is 93.1 cm³/mol. The van der Waals surface area contributed by atoms with E-state index in [1.54, 1.807) is 0 Å². The molecular weight excluding hydrogens is 378 g/mol. The van der Waals surface area contributed by atoms with Gasteiger partial charge < -0.3 is 5.32 Å². The normalized spacial score (nSPS) is 12.4. The molecule has 0 heterocycles. The quantitative estimate of drug-likeness (QED) is 0.711. The summed E-state index contributed by atoms with van der Waals surface area (Å²) in [6.45, 7) is 5.24. The third kappa shape index (κ3) is 4.18. The minimum Gasteiger partial charge on any atom is -0.310 e. The first-order chi connectivity index (χ1) is 9.60. The first-order valence-corrected chi connectivity index (χ1v) is 8.42. The number of hydrogen-bond donors (Lipinski definition) is 1. The van der Waals surface area contributed by atoms with Gasteiger partial charge in [-0.25, -0.2) is 0 Å². The van der Waals surface area contributed by atoms with Gasteiger partial charge in [0.15, 0.2) is 0 Å². The number of hydrogen-bond acceptors (Lipinski definition) is 1. The molecule has 0 fully saturated rings. The topological polar surface area (TPSA) is 12.0 Å². The van der Waals surface area contributed by atoms with Crippen molar-refractivity contribution in [3.8, 4) is 0 Å². The zero-order chi connectivity index (χ0) is 14.5. The fourth-order valence-electron chi connectivity index (χ4n) is 2.40. The number of nitrogens with one attached hydrogen (secondary N) is 1. The molecule has 20 heavy (non-hydrogen) atoms. The molecule has 0 bridgehead atoms. The first-order valence-electron chi connectivity index (χ1n) is 6.84. The van der Waals surface area contributed by atoms with Gasteiger partial charge in [0.25, 0.3) is 0 Å². The summed E-state index contributed by atoms with van der Waals surface area (Å²) in [6, 6.07) is 15.4. The van der Waals surface area contributed by atoms with Crippen LogP contribution in [0.1, 0.15) is 29.7 Å². The summed E-state index contributed by atoms with van der Waals surface area (Å²) in [5.41, 5.74) is 3.94. The molecule has 0 aromatic heterocycles. The Hall–Kier alpha value is -0.640. The van der Waals surface area contributed by atoms with Crippen molar-refractivity contribution in [1.82, 2.24) is 5.32 Å². The van der Waals surface area contributed by atoms with Crippen molar-refractivity contribution in [3.05, 3.63) is 68.1 Å². The predicted octanol–water partition coefficient (Wildman–Crippen LogP) is 5.41. The van der Waals surface area contributed by atoms with Crippen molar-refractivity contribution in [1.29, 1.82) is 0 Å². The largest absolute Gasteiger partial charge is 0.310 e. The van der Waals surface area contributed by atoms with Crippen molar-refractivity contribution < 1.29 is 0 Å². The maximum absolute atomic E-state index is 3.64. The first kappa shape index (κ1) is 15.7. The van der Waals surface area contributed by atoms with Crippen LogP contribution in [0.4, 0.5) is 0 Å². The highest BCUT2D eigenvalue weighted by molar-refractivity contribution is 9.10. The van der Waals surface area contributed by atoms with Gasteiger partial charge in [-0.3, -0.25) is 0 Å². The van der Waals surface area contributed by atoms with Crippen LogP contribution in [-0.2, 0) is 6.42 Å². The van der Waals surface area contributed by atoms with Gasteiger partial charge in [0.1, 0.15) is 0 Å². The lowest BCUT2D eigenvalue weighted by molar-refractivity contribution is 0.548. The summed E-state index contributed by atoms with van der Waals surface area (Å²) in [7, 11) is 0. The van der Waals surface area contributed by atoms with Crippen molar-refractivity contribution in [2.24, 2.45) is 0 Å². The van der Waals surface area contributed by atoms with Gasteiger partial charge in [0.2, 0.25) is 0 Å². The van der Waals surface area contributed by atoms with E-state index < -0.39 is 0 Å². The van der Waals surface area contributed by atoms with Crippen molar-refractivity contribution in [2.75, 3.05) is 6.54 Å². The van der Waals surface area contributed by atoms with Gasteiger partial charge in [-0.15, -0.1) is 0 Å². The maximum atomic E-state index is 3.64. The number of rotatable bonds is 5. The van der Waals surface area contributed by atoms with Crippen LogP contribution in [-0.4, -0.2) is 6.54 Å². The number of halogens is 2. The van der Waals surface area contributed by atoms with Crippen LogP contribution in [0.15, 0.2) is 51.4 Å². The second-order valence-corrected chi connectivity index (χ2v) is 6.74. The molecule has 0 amide bonds. The number of aryl methyl sites for hydroxylation is 1. The Labute approximate surface area is 138 Å². The zero-order valence-corrected chi connectivity index (χ0v) is 15.0. The van der Waals surface area contributed by atoms with E-state index in [-0.39, 0.29) is 0 Å². The summed E-state index contributed by atoms with van der Waals surface area (Å²) < 4.78 is 2.32. The van der Waals surface area contributed by atoms with Gasteiger partial charge in [0.05, 0.1) is 0 Å². The van der Waals surface area contributed by atoms with E-state index in [1.807, 2.05) is 0 Å². The average molecular weight is 397 g/mol. The molecule has 0 spiro atoms. The van der Waals surface area contributed by atoms with Gasteiger partial charge >= 0.3 is 0 Å². The SMILES string of the molecule is CCNC(Cc1ccccc1Br)c1cc(C)cc(Br)c1. The molecule has 2 aromatic rings. The average Bonchev–Trinajstić information content (AvgIpc) is 2.39. The van der Waals surface area contributed by atoms with Crippen LogP contribution >= 0.6 is 31.9 Å². The van der Waals surface area contributed by atoms with E-state index in [4.69, 9.17) is 0 Å². The van der Waals surface area contributed by atoms with E-state index in [1.165, 1.54) is 21.2 Å². The van der Waals surface area contributed by atoms with E-state index in [0.717, 1.165) is 17.4 Å². The van der Waals surface area contributed by atoms with Crippen molar-refractivity contribution in [2.45, 2.75) is 26.3 Å². The molecule has 3 heteroatoms. The summed E-state index contributed by atoms with van der Waals surface area (Å²) in [5, 5.41) is 3.59. The fraction of sp³-hybridized carbons (Fsp3) is 0.294. The highest BCUT2D eigenvalue weighted by atomic mass is 79.9. The molecule has 2 aromatic carbocycles. The Morgan fingerprint density at radius 3 is 2.50 bits per heavy atom. The van der Waals surface area contributed by atoms with E-state index in [0.29, 0.717) is 6.04 Å². The molecule has 0 aliphatic rings. The number of likely N-dealkylation sites (N-methyl/N-ethyl adjacent to an activating group) is 1. The molecule has 2 rings (SSSR count). The van der Waals surface area contributed by atoms with Gasteiger partial charge in [-0.05, 0) is 54.8 Å². The Kier molecular flexibility index (Phi) is 5.82. The summed E-state index contributed by atoms with van der Waals surface area (Å²) in [4.78, 5) is 0. The summed E-state index contributed by atoms with van der Waals surface area (Å²) in [6.07, 6.45) is 0.977. The van der Waals surface area contributed by atoms with Crippen LogP contribution in [0.5, 0.6) is 0 Å². The molecule has 1 unspecified atom stereocenters. The molecule has 0 saturated carbocycles. The van der Waals surface area contributed by atoms with Gasteiger partial charge in [-0.2, -0.15) is 0 Å². The number of benzene rings is 2. The lowest BCUT2D eigenvalue weighted by atomic mass is 9.97. The Balaban J connectivity index is 2.29. The summed E-state index contributed by atoms with van der Waals surface area (Å²) in [5.74, 6) is 0. The smallest absolute Gasteiger partial charge is 0.0361 e. The molecule has 1 nitrogen and oxygen atoms in total. The van der Waals surface area contributed by atoms with Crippen molar-refractivity contribution >= 4 is 31.9 Å². The highest BCUT2D eigenvalue weighted by Crippen LogP contribution is 2.26. The van der Waals surface area contributed by atoms with E-state index >= 15 is 0 Å². The molecular formula is C17H19Br2N. The van der Waals surface area contributed by atoms with Crippen molar-refractivity contribution in [3.63, 3.8) is 0 Å². The molecule has 1 N–H and O–H groups in total. The second-order valence-electron chi connectivity index (χ2n) is 4.97. The minimum absolute atomic E-state index is 0.329. The molecule has 0 saturated heterocycles. The lowest BCUT2D eigenvalue weighted by Crippen LogP contribution is -2.23. The standard InChI is InChI=1S/C17H19Br2N/c1-3-20-17(11-13-6-4-5-7-16(13)19)14-8-12(2)9-15(18)10-14/h4-10,17,20H,3,11H2,1-2H3. The second kappa shape index (κ2) is 7.39. The summed E-state index contributed by atoms with van der Waals surface area (Å²) >= 11 is 7.24. The van der Waals surface area contributed by atoms with Crippen LogP contribution in [0.25, 0.3) is 0 Å². The molecule has 0 radical (unpaired) electrons. The maximum Gasteiger partial charge on any atom is 0.0361 e. The third-order valence-corrected chi connectivity index (χ3v) is 4.53. The Morgan fingerprint density at radius 1 is 1.10 bits per heavy atom. The van der Waals surface area contributed by atoms with Crippen LogP contribution < -0.4 is 5.32 Å². The highest BCUT2D eigenvalue weighted by Gasteiger charge is 2.13. The molecule has 0 aliphatic carbocycles. The monoisotopic (exact) mass is 395 g/mol. The van der Waals surface area contributed by atoms with Crippen LogP contribution in [0.2, 0.25) is 0 Å². The Bertz CT molecular complexity index is 561. The lowest BCUT2D eigenvalue weighted by Gasteiger charge is -2.20. The Morgan fingerprint density at radius 2 is 1.85 bits per heavy atom. The van der Waals surface area contributed by atoms with E-state index in [2.05, 4.69) is 93.5 Å².